The second kappa shape index (κ2) is 14.6. The lowest BCUT2D eigenvalue weighted by atomic mass is 9.82. The molecule has 12 rings (SSSR count). The van der Waals surface area contributed by atoms with Crippen LogP contribution in [0.3, 0.4) is 0 Å². The van der Waals surface area contributed by atoms with Crippen LogP contribution in [0.5, 0.6) is 0 Å². The molecule has 0 N–H and O–H groups in total. The van der Waals surface area contributed by atoms with E-state index in [0.717, 1.165) is 17.1 Å². The van der Waals surface area contributed by atoms with Crippen LogP contribution in [0.1, 0.15) is 25.0 Å². The lowest BCUT2D eigenvalue weighted by Gasteiger charge is -2.28. The highest BCUT2D eigenvalue weighted by Crippen LogP contribution is 2.51. The van der Waals surface area contributed by atoms with Crippen LogP contribution in [0.2, 0.25) is 0 Å². The van der Waals surface area contributed by atoms with E-state index in [1.165, 1.54) is 93.9 Å². The number of para-hydroxylation sites is 1. The smallest absolute Gasteiger partial charge is 0.0547 e. The van der Waals surface area contributed by atoms with Gasteiger partial charge in [-0.15, -0.1) is 0 Å². The van der Waals surface area contributed by atoms with Gasteiger partial charge in [0, 0.05) is 38.6 Å². The van der Waals surface area contributed by atoms with E-state index in [1.54, 1.807) is 0 Å². The first-order valence-corrected chi connectivity index (χ1v) is 21.9. The molecule has 1 aliphatic rings. The predicted octanol–water partition coefficient (Wildman–Crippen LogP) is 16.7. The minimum atomic E-state index is -0.101. The third-order valence-corrected chi connectivity index (χ3v) is 13.4. The Morgan fingerprint density at radius 2 is 0.857 bits per heavy atom. The molecule has 63 heavy (non-hydrogen) atoms. The molecule has 10 aromatic carbocycles. The van der Waals surface area contributed by atoms with Crippen molar-refractivity contribution in [1.82, 2.24) is 4.57 Å². The molecule has 0 spiro atoms. The molecule has 0 aliphatic heterocycles. The van der Waals surface area contributed by atoms with Gasteiger partial charge in [0.1, 0.15) is 0 Å². The third-order valence-electron chi connectivity index (χ3n) is 13.4. The Hall–Kier alpha value is -7.94. The van der Waals surface area contributed by atoms with Crippen molar-refractivity contribution in [3.05, 3.63) is 242 Å². The summed E-state index contributed by atoms with van der Waals surface area (Å²) in [5, 5.41) is 4.99. The van der Waals surface area contributed by atoms with Crippen LogP contribution in [0, 0.1) is 0 Å². The second-order valence-corrected chi connectivity index (χ2v) is 17.4. The maximum Gasteiger partial charge on any atom is 0.0547 e. The van der Waals surface area contributed by atoms with Gasteiger partial charge >= 0.3 is 0 Å². The summed E-state index contributed by atoms with van der Waals surface area (Å²) < 4.78 is 2.45. The first-order valence-electron chi connectivity index (χ1n) is 21.9. The molecule has 1 heterocycles. The molecule has 0 atom stereocenters. The van der Waals surface area contributed by atoms with Crippen molar-refractivity contribution in [2.24, 2.45) is 0 Å². The lowest BCUT2D eigenvalue weighted by Crippen LogP contribution is -2.16. The maximum atomic E-state index is 2.45. The van der Waals surface area contributed by atoms with E-state index < -0.39 is 0 Å². The molecular formula is C61H44N2. The number of benzene rings is 10. The summed E-state index contributed by atoms with van der Waals surface area (Å²) in [5.41, 5.74) is 19.4. The van der Waals surface area contributed by atoms with E-state index in [1.807, 2.05) is 0 Å². The van der Waals surface area contributed by atoms with E-state index in [0.29, 0.717) is 0 Å². The Kier molecular flexibility index (Phi) is 8.55. The van der Waals surface area contributed by atoms with Crippen molar-refractivity contribution >= 4 is 49.6 Å². The van der Waals surface area contributed by atoms with Gasteiger partial charge in [0.15, 0.2) is 0 Å². The van der Waals surface area contributed by atoms with Crippen LogP contribution < -0.4 is 4.90 Å². The Bertz CT molecular complexity index is 3510. The number of anilines is 3. The van der Waals surface area contributed by atoms with Crippen LogP contribution in [0.15, 0.2) is 231 Å². The summed E-state index contributed by atoms with van der Waals surface area (Å²) >= 11 is 0. The Morgan fingerprint density at radius 1 is 0.333 bits per heavy atom. The average Bonchev–Trinajstić information content (AvgIpc) is 3.79. The number of fused-ring (bicyclic) bond motifs is 7. The van der Waals surface area contributed by atoms with Gasteiger partial charge in [-0.1, -0.05) is 184 Å². The SMILES string of the molecule is CC1(C)c2ccccc2-c2ccc(N(c3ccc(-c4ccccc4)cc3)c3ccc(-c4cccc(-c5ccc6c7ccccc7n(-c7cccc8ccccc78)c6c5)c4)cc3)cc21. The molecule has 0 unspecified atom stereocenters. The van der Waals surface area contributed by atoms with Gasteiger partial charge in [-0.2, -0.15) is 0 Å². The second-order valence-electron chi connectivity index (χ2n) is 17.4. The summed E-state index contributed by atoms with van der Waals surface area (Å²) in [6.07, 6.45) is 0. The van der Waals surface area contributed by atoms with Crippen molar-refractivity contribution in [3.8, 4) is 50.2 Å². The van der Waals surface area contributed by atoms with Crippen LogP contribution in [-0.4, -0.2) is 4.57 Å². The largest absolute Gasteiger partial charge is 0.310 e. The zero-order valence-electron chi connectivity index (χ0n) is 35.3. The van der Waals surface area contributed by atoms with E-state index >= 15 is 0 Å². The maximum absolute atomic E-state index is 2.45. The van der Waals surface area contributed by atoms with Crippen molar-refractivity contribution < 1.29 is 0 Å². The average molecular weight is 805 g/mol. The van der Waals surface area contributed by atoms with Gasteiger partial charge in [-0.3, -0.25) is 0 Å². The fraction of sp³-hybridized carbons (Fsp3) is 0.0492. The normalized spacial score (nSPS) is 12.7. The Labute approximate surface area is 368 Å². The fourth-order valence-corrected chi connectivity index (χ4v) is 10.2. The Balaban J connectivity index is 0.928. The van der Waals surface area contributed by atoms with E-state index in [2.05, 4.69) is 254 Å². The quantitative estimate of drug-likeness (QED) is 0.156. The monoisotopic (exact) mass is 804 g/mol. The molecule has 2 heteroatoms. The number of aromatic nitrogens is 1. The predicted molar refractivity (Wildman–Crippen MR) is 267 cm³/mol. The summed E-state index contributed by atoms with van der Waals surface area (Å²) in [5.74, 6) is 0. The van der Waals surface area contributed by atoms with Crippen LogP contribution in [0.4, 0.5) is 17.1 Å². The van der Waals surface area contributed by atoms with Crippen LogP contribution in [0.25, 0.3) is 82.8 Å². The van der Waals surface area contributed by atoms with Gasteiger partial charge in [0.05, 0.1) is 16.7 Å². The molecule has 298 valence electrons. The fourth-order valence-electron chi connectivity index (χ4n) is 10.2. The summed E-state index contributed by atoms with van der Waals surface area (Å²) in [7, 11) is 0. The van der Waals surface area contributed by atoms with Crippen LogP contribution in [-0.2, 0) is 5.41 Å². The van der Waals surface area contributed by atoms with Crippen LogP contribution >= 0.6 is 0 Å². The van der Waals surface area contributed by atoms with E-state index in [9.17, 15) is 0 Å². The highest BCUT2D eigenvalue weighted by molar-refractivity contribution is 6.11. The zero-order valence-corrected chi connectivity index (χ0v) is 35.3. The molecule has 0 bridgehead atoms. The van der Waals surface area contributed by atoms with Crippen molar-refractivity contribution in [1.29, 1.82) is 0 Å². The van der Waals surface area contributed by atoms with E-state index in [-0.39, 0.29) is 5.41 Å². The van der Waals surface area contributed by atoms with Gasteiger partial charge in [-0.05, 0) is 122 Å². The number of nitrogens with zero attached hydrogens (tertiary/aromatic N) is 2. The van der Waals surface area contributed by atoms with Crippen molar-refractivity contribution in [2.45, 2.75) is 19.3 Å². The standard InChI is InChI=1S/C61H44N2/c1-61(2)56-23-10-8-21-52(56)53-37-35-50(40-57(53)61)62(48-31-26-42(27-32-48)41-14-4-3-5-15-41)49-33-28-43(29-34-49)45-18-12-19-46(38-45)47-30-36-55-54-22-9-11-24-59(54)63(60(55)39-47)58-25-13-17-44-16-6-7-20-51(44)58/h3-40H,1-2H3. The highest BCUT2D eigenvalue weighted by atomic mass is 15.1. The van der Waals surface area contributed by atoms with Crippen molar-refractivity contribution in [2.75, 3.05) is 4.90 Å². The topological polar surface area (TPSA) is 8.17 Å². The molecule has 0 saturated heterocycles. The lowest BCUT2D eigenvalue weighted by molar-refractivity contribution is 0.660. The van der Waals surface area contributed by atoms with Crippen molar-refractivity contribution in [3.63, 3.8) is 0 Å². The third kappa shape index (κ3) is 6.09. The first kappa shape index (κ1) is 36.9. The molecular weight excluding hydrogens is 761 g/mol. The number of hydrogen-bond acceptors (Lipinski definition) is 1. The summed E-state index contributed by atoms with van der Waals surface area (Å²) in [4.78, 5) is 2.40. The molecule has 0 amide bonds. The van der Waals surface area contributed by atoms with E-state index in [4.69, 9.17) is 0 Å². The first-order chi connectivity index (χ1) is 31.0. The molecule has 11 aromatic rings. The number of rotatable bonds is 7. The molecule has 0 radical (unpaired) electrons. The Morgan fingerprint density at radius 3 is 1.65 bits per heavy atom. The van der Waals surface area contributed by atoms with Gasteiger partial charge in [0.2, 0.25) is 0 Å². The summed E-state index contributed by atoms with van der Waals surface area (Å²) in [6.45, 7) is 4.71. The minimum absolute atomic E-state index is 0.101. The van der Waals surface area contributed by atoms with Gasteiger partial charge in [-0.25, -0.2) is 0 Å². The number of hydrogen-bond donors (Lipinski definition) is 0. The molecule has 1 aromatic heterocycles. The summed E-state index contributed by atoms with van der Waals surface area (Å²) in [6, 6.07) is 84.6. The highest BCUT2D eigenvalue weighted by Gasteiger charge is 2.35. The molecule has 0 saturated carbocycles. The van der Waals surface area contributed by atoms with Gasteiger partial charge < -0.3 is 9.47 Å². The molecule has 1 aliphatic carbocycles. The van der Waals surface area contributed by atoms with Gasteiger partial charge in [0.25, 0.3) is 0 Å². The molecule has 0 fully saturated rings. The zero-order chi connectivity index (χ0) is 42.1. The minimum Gasteiger partial charge on any atom is -0.310 e. The molecule has 2 nitrogen and oxygen atoms in total.